The maximum absolute atomic E-state index is 13.6. The van der Waals surface area contributed by atoms with Gasteiger partial charge in [-0.2, -0.15) is 0 Å². The molecule has 3 heteroatoms. The van der Waals surface area contributed by atoms with Crippen LogP contribution in [0.15, 0.2) is 0 Å². The second-order valence-electron chi connectivity index (χ2n) is 6.05. The van der Waals surface area contributed by atoms with Crippen LogP contribution in [0.4, 0.5) is 4.39 Å². The zero-order valence-electron chi connectivity index (χ0n) is 9.88. The zero-order valence-corrected chi connectivity index (χ0v) is 9.88. The average Bonchev–Trinajstić information content (AvgIpc) is 2.24. The molecule has 86 valence electrons. The molecule has 0 amide bonds. The van der Waals surface area contributed by atoms with Crippen LogP contribution in [0.5, 0.6) is 0 Å². The Morgan fingerprint density at radius 1 is 1.33 bits per heavy atom. The molecule has 2 nitrogen and oxygen atoms in total. The first-order valence-electron chi connectivity index (χ1n) is 6.28. The van der Waals surface area contributed by atoms with E-state index in [1.807, 2.05) is 0 Å². The minimum absolute atomic E-state index is 0.0145. The topological polar surface area (TPSA) is 3.24 Å². The Morgan fingerprint density at radius 2 is 2.00 bits per heavy atom. The first-order chi connectivity index (χ1) is 7.08. The number of nitrogens with zero attached hydrogens (tertiary/aromatic N) is 2. The Labute approximate surface area is 91.6 Å². The molecule has 3 aliphatic heterocycles. The van der Waals surface area contributed by atoms with E-state index in [-0.39, 0.29) is 5.54 Å². The summed E-state index contributed by atoms with van der Waals surface area (Å²) in [5.74, 6) is 0. The Morgan fingerprint density at radius 3 is 2.40 bits per heavy atom. The maximum Gasteiger partial charge on any atom is 0.203 e. The van der Waals surface area contributed by atoms with Gasteiger partial charge in [0.15, 0.2) is 0 Å². The maximum atomic E-state index is 13.6. The lowest BCUT2D eigenvalue weighted by Crippen LogP contribution is -2.90. The summed E-state index contributed by atoms with van der Waals surface area (Å²) in [6.45, 7) is 6.63. The molecule has 0 aromatic heterocycles. The van der Waals surface area contributed by atoms with Gasteiger partial charge in [-0.3, -0.25) is 0 Å². The minimum Gasteiger partial charge on any atom is -0.311 e. The summed E-state index contributed by atoms with van der Waals surface area (Å²) in [7, 11) is 2.19. The summed E-state index contributed by atoms with van der Waals surface area (Å²) in [6.07, 6.45) is 3.14. The van der Waals surface area contributed by atoms with Gasteiger partial charge >= 0.3 is 0 Å². The molecular weight excluding hydrogens is 191 g/mol. The van der Waals surface area contributed by atoms with E-state index in [4.69, 9.17) is 0 Å². The van der Waals surface area contributed by atoms with Crippen LogP contribution in [0, 0.1) is 0 Å². The highest BCUT2D eigenvalue weighted by Crippen LogP contribution is 2.55. The number of hydrogen-bond donors (Lipinski definition) is 0. The molecule has 0 saturated carbocycles. The molecule has 15 heavy (non-hydrogen) atoms. The molecule has 2 unspecified atom stereocenters. The van der Waals surface area contributed by atoms with E-state index < -0.39 is 6.17 Å². The third-order valence-electron chi connectivity index (χ3n) is 5.58. The van der Waals surface area contributed by atoms with Crippen molar-refractivity contribution in [1.29, 1.82) is 0 Å². The molecule has 0 aromatic carbocycles. The van der Waals surface area contributed by atoms with Gasteiger partial charge in [-0.05, 0) is 14.0 Å². The standard InChI is InChI=1S/C12H22FN2/c1-12-5-8-15(12,9-11(12)13)10-3-6-14(2)7-4-10/h10-11H,3-9H2,1-2H3/q+1/t11?,12-,15?/m0/s1. The number of hydrogen-bond acceptors (Lipinski definition) is 1. The Kier molecular flexibility index (Phi) is 1.97. The van der Waals surface area contributed by atoms with E-state index >= 15 is 0 Å². The van der Waals surface area contributed by atoms with Crippen molar-refractivity contribution in [1.82, 2.24) is 4.90 Å². The first kappa shape index (κ1) is 10.0. The highest BCUT2D eigenvalue weighted by molar-refractivity contribution is 5.03. The van der Waals surface area contributed by atoms with E-state index in [2.05, 4.69) is 18.9 Å². The van der Waals surface area contributed by atoms with Gasteiger partial charge in [0.2, 0.25) is 6.17 Å². The van der Waals surface area contributed by atoms with Gasteiger partial charge < -0.3 is 9.38 Å². The van der Waals surface area contributed by atoms with Crippen molar-refractivity contribution in [2.24, 2.45) is 0 Å². The van der Waals surface area contributed by atoms with Crippen molar-refractivity contribution < 1.29 is 8.87 Å². The largest absolute Gasteiger partial charge is 0.311 e. The number of fused-ring (bicyclic) bond motifs is 1. The summed E-state index contributed by atoms with van der Waals surface area (Å²) < 4.78 is 14.8. The van der Waals surface area contributed by atoms with Crippen LogP contribution in [0.3, 0.4) is 0 Å². The lowest BCUT2D eigenvalue weighted by molar-refractivity contribution is -1.08. The molecule has 0 bridgehead atoms. The second-order valence-corrected chi connectivity index (χ2v) is 6.05. The highest BCUT2D eigenvalue weighted by atomic mass is 19.1. The lowest BCUT2D eigenvalue weighted by atomic mass is 9.66. The summed E-state index contributed by atoms with van der Waals surface area (Å²) >= 11 is 0. The van der Waals surface area contributed by atoms with Crippen molar-refractivity contribution >= 4 is 0 Å². The molecule has 0 radical (unpaired) electrons. The van der Waals surface area contributed by atoms with Crippen LogP contribution in [0.1, 0.15) is 26.2 Å². The fraction of sp³-hybridized carbons (Fsp3) is 1.00. The number of halogens is 1. The molecule has 0 aliphatic carbocycles. The Hall–Kier alpha value is -0.150. The highest BCUT2D eigenvalue weighted by Gasteiger charge is 2.73. The van der Waals surface area contributed by atoms with Crippen LogP contribution in [0.25, 0.3) is 0 Å². The molecule has 3 saturated heterocycles. The van der Waals surface area contributed by atoms with Gasteiger partial charge in [0.25, 0.3) is 0 Å². The van der Waals surface area contributed by atoms with Crippen LogP contribution in [-0.4, -0.2) is 60.4 Å². The number of quaternary nitrogens is 1. The monoisotopic (exact) mass is 213 g/mol. The number of rotatable bonds is 1. The Bertz CT molecular complexity index is 275. The van der Waals surface area contributed by atoms with Crippen molar-refractivity contribution in [2.45, 2.75) is 43.9 Å². The van der Waals surface area contributed by atoms with Crippen molar-refractivity contribution in [3.63, 3.8) is 0 Å². The van der Waals surface area contributed by atoms with Crippen molar-refractivity contribution in [2.75, 3.05) is 33.2 Å². The van der Waals surface area contributed by atoms with E-state index in [1.54, 1.807) is 0 Å². The molecule has 0 N–H and O–H groups in total. The molecule has 3 atom stereocenters. The van der Waals surface area contributed by atoms with Gasteiger partial charge in [-0.15, -0.1) is 0 Å². The van der Waals surface area contributed by atoms with Gasteiger partial charge in [0.1, 0.15) is 12.1 Å². The Balaban J connectivity index is 1.73. The number of likely N-dealkylation sites (tertiary alicyclic amines) is 1. The SMILES string of the molecule is CN1CCC([N+]23CC[C@@]2(C)C(F)C3)CC1. The smallest absolute Gasteiger partial charge is 0.203 e. The second kappa shape index (κ2) is 2.95. The predicted molar refractivity (Wildman–Crippen MR) is 58.4 cm³/mol. The minimum atomic E-state index is -0.522. The fourth-order valence-corrected chi connectivity index (χ4v) is 4.10. The predicted octanol–water partition coefficient (Wildman–Crippen LogP) is 1.41. The lowest BCUT2D eigenvalue weighted by Gasteiger charge is -2.72. The van der Waals surface area contributed by atoms with Crippen LogP contribution in [0.2, 0.25) is 0 Å². The quantitative estimate of drug-likeness (QED) is 0.595. The zero-order chi connectivity index (χ0) is 10.7. The van der Waals surface area contributed by atoms with Crippen LogP contribution >= 0.6 is 0 Å². The van der Waals surface area contributed by atoms with Crippen molar-refractivity contribution in [3.05, 3.63) is 0 Å². The average molecular weight is 213 g/mol. The normalized spacial score (nSPS) is 51.8. The fourth-order valence-electron chi connectivity index (χ4n) is 4.10. The van der Waals surface area contributed by atoms with Gasteiger partial charge in [-0.1, -0.05) is 0 Å². The third-order valence-corrected chi connectivity index (χ3v) is 5.58. The molecule has 3 rings (SSSR count). The van der Waals surface area contributed by atoms with Crippen LogP contribution < -0.4 is 0 Å². The molecular formula is C12H22FN2+. The van der Waals surface area contributed by atoms with Crippen LogP contribution in [-0.2, 0) is 0 Å². The molecule has 3 fully saturated rings. The summed E-state index contributed by atoms with van der Waals surface area (Å²) in [5.41, 5.74) is 0.0145. The van der Waals surface area contributed by atoms with Gasteiger partial charge in [0, 0.05) is 25.9 Å². The van der Waals surface area contributed by atoms with Crippen molar-refractivity contribution in [3.8, 4) is 0 Å². The summed E-state index contributed by atoms with van der Waals surface area (Å²) in [4.78, 5) is 2.40. The summed E-state index contributed by atoms with van der Waals surface area (Å²) in [5, 5.41) is 0. The molecule has 3 heterocycles. The first-order valence-corrected chi connectivity index (χ1v) is 6.28. The van der Waals surface area contributed by atoms with E-state index in [0.717, 1.165) is 23.5 Å². The van der Waals surface area contributed by atoms with Gasteiger partial charge in [-0.25, -0.2) is 4.39 Å². The summed E-state index contributed by atoms with van der Waals surface area (Å²) in [6, 6.07) is 0.756. The number of alkyl halides is 1. The van der Waals surface area contributed by atoms with E-state index in [1.165, 1.54) is 32.5 Å². The number of piperidine rings is 2. The van der Waals surface area contributed by atoms with Gasteiger partial charge in [0.05, 0.1) is 19.0 Å². The molecule has 0 spiro atoms. The molecule has 0 aromatic rings. The van der Waals surface area contributed by atoms with E-state index in [0.29, 0.717) is 0 Å². The molecule has 3 aliphatic rings. The third kappa shape index (κ3) is 1.06. The van der Waals surface area contributed by atoms with E-state index in [9.17, 15) is 4.39 Å².